The Balaban J connectivity index is 0.00000484. The molecule has 12 heteroatoms. The molecule has 0 amide bonds. The van der Waals surface area contributed by atoms with E-state index in [0.717, 1.165) is 24.0 Å². The van der Waals surface area contributed by atoms with Crippen molar-refractivity contribution in [1.82, 2.24) is 0 Å². The van der Waals surface area contributed by atoms with Crippen LogP contribution in [0, 0.1) is 0 Å². The molecule has 214 valence electrons. The normalized spacial score (nSPS) is 14.6. The van der Waals surface area contributed by atoms with E-state index >= 15 is 0 Å². The first-order valence-electron chi connectivity index (χ1n) is 12.8. The number of allylic oxidation sites excluding steroid dienone is 4. The van der Waals surface area contributed by atoms with E-state index in [2.05, 4.69) is 5.32 Å². The van der Waals surface area contributed by atoms with Crippen molar-refractivity contribution in [3.63, 3.8) is 0 Å². The summed E-state index contributed by atoms with van der Waals surface area (Å²) in [6.45, 7) is 5.58. The van der Waals surface area contributed by atoms with Crippen molar-refractivity contribution < 1.29 is 60.3 Å². The number of hydrogen-bond acceptors (Lipinski definition) is 8. The van der Waals surface area contributed by atoms with Crippen molar-refractivity contribution >= 4 is 43.0 Å². The molecule has 1 aliphatic carbocycles. The molecule has 3 aromatic rings. The van der Waals surface area contributed by atoms with E-state index in [1.54, 1.807) is 24.3 Å². The molecular formula is C30H29N2NaO7S2. The summed E-state index contributed by atoms with van der Waals surface area (Å²) in [6, 6.07) is 20.7. The maximum Gasteiger partial charge on any atom is 1.00 e. The van der Waals surface area contributed by atoms with Gasteiger partial charge in [-0.3, -0.25) is 9.35 Å². The molecule has 3 aromatic carbocycles. The third kappa shape index (κ3) is 8.07. The molecule has 0 bridgehead atoms. The van der Waals surface area contributed by atoms with Gasteiger partial charge >= 0.3 is 29.6 Å². The second-order valence-corrected chi connectivity index (χ2v) is 12.0. The van der Waals surface area contributed by atoms with Gasteiger partial charge in [0.15, 0.2) is 5.78 Å². The molecule has 0 saturated heterocycles. The second-order valence-electron chi connectivity index (χ2n) is 9.28. The summed E-state index contributed by atoms with van der Waals surface area (Å²) in [6.07, 6.45) is 3.43. The van der Waals surface area contributed by atoms with Gasteiger partial charge in [-0.05, 0) is 84.7 Å². The summed E-state index contributed by atoms with van der Waals surface area (Å²) >= 11 is 0. The average Bonchev–Trinajstić information content (AvgIpc) is 2.93. The Labute approximate surface area is 268 Å². The third-order valence-corrected chi connectivity index (χ3v) is 8.24. The number of anilines is 2. The van der Waals surface area contributed by atoms with Crippen LogP contribution in [0.3, 0.4) is 0 Å². The van der Waals surface area contributed by atoms with Crippen molar-refractivity contribution in [3.8, 4) is 0 Å². The molecule has 2 N–H and O–H groups in total. The molecule has 0 atom stereocenters. The van der Waals surface area contributed by atoms with Crippen molar-refractivity contribution in [2.45, 2.75) is 25.3 Å². The van der Waals surface area contributed by atoms with E-state index in [4.69, 9.17) is 0 Å². The fourth-order valence-electron chi connectivity index (χ4n) is 4.60. The molecule has 0 spiro atoms. The topological polar surface area (TPSA) is 144 Å². The Morgan fingerprint density at radius 3 is 2.07 bits per heavy atom. The van der Waals surface area contributed by atoms with E-state index < -0.39 is 30.9 Å². The minimum absolute atomic E-state index is 0. The molecule has 0 saturated carbocycles. The molecule has 1 aliphatic rings. The fraction of sp³-hybridized carbons (Fsp3) is 0.167. The summed E-state index contributed by atoms with van der Waals surface area (Å²) in [5.41, 5.74) is 4.23. The minimum Gasteiger partial charge on any atom is -0.744 e. The smallest absolute Gasteiger partial charge is 0.744 e. The molecule has 0 heterocycles. The first-order chi connectivity index (χ1) is 19.4. The molecule has 42 heavy (non-hydrogen) atoms. The second kappa shape index (κ2) is 14.0. The van der Waals surface area contributed by atoms with Crippen LogP contribution in [-0.2, 0) is 31.6 Å². The molecule has 0 fully saturated rings. The summed E-state index contributed by atoms with van der Waals surface area (Å²) in [5.74, 6) is -0.586. The van der Waals surface area contributed by atoms with Crippen LogP contribution >= 0.6 is 0 Å². The Kier molecular flexibility index (Phi) is 11.1. The number of nitrogens with one attached hydrogen (secondary N) is 1. The number of nitrogens with zero attached hydrogens (tertiary/aromatic N) is 1. The van der Waals surface area contributed by atoms with Gasteiger partial charge in [-0.1, -0.05) is 36.4 Å². The zero-order valence-electron chi connectivity index (χ0n) is 23.4. The quantitative estimate of drug-likeness (QED) is 0.257. The number of benzene rings is 3. The maximum atomic E-state index is 12.2. The summed E-state index contributed by atoms with van der Waals surface area (Å²) < 4.78 is 69.1. The van der Waals surface area contributed by atoms with E-state index in [1.807, 2.05) is 55.1 Å². The predicted octanol–water partition coefficient (Wildman–Crippen LogP) is 1.77. The van der Waals surface area contributed by atoms with Gasteiger partial charge in [-0.25, -0.2) is 8.42 Å². The van der Waals surface area contributed by atoms with Gasteiger partial charge in [-0.15, -0.1) is 0 Å². The van der Waals surface area contributed by atoms with Crippen molar-refractivity contribution in [2.75, 3.05) is 23.3 Å². The van der Waals surface area contributed by atoms with Crippen LogP contribution in [0.1, 0.15) is 30.5 Å². The monoisotopic (exact) mass is 616 g/mol. The van der Waals surface area contributed by atoms with E-state index in [0.29, 0.717) is 35.4 Å². The average molecular weight is 617 g/mol. The molecule has 0 unspecified atom stereocenters. The zero-order valence-corrected chi connectivity index (χ0v) is 27.1. The molecule has 0 aromatic heterocycles. The third-order valence-electron chi connectivity index (χ3n) is 6.52. The standard InChI is InChI=1S/C30H30N2O7S2.Na/c1-3-31-24-12-8-22(9-13-24)30(28-17-16-26(33)19-29(28)41(37,38)39)23-10-14-25(15-11-23)32(4-2)20-21-6-5-7-27(18-21)40(34,35)36;/h5-19,31H,3-4,20H2,1-2H3,(H,34,35,36)(H,37,38,39);/q;+1/p-1/b30-28+;. The first-order valence-corrected chi connectivity index (χ1v) is 15.7. The molecule has 0 radical (unpaired) electrons. The van der Waals surface area contributed by atoms with Crippen LogP contribution in [0.15, 0.2) is 106 Å². The van der Waals surface area contributed by atoms with Crippen LogP contribution in [0.4, 0.5) is 11.4 Å². The Morgan fingerprint density at radius 2 is 1.52 bits per heavy atom. The van der Waals surface area contributed by atoms with Gasteiger partial charge in [0.1, 0.15) is 10.1 Å². The number of carbonyl (C=O) groups is 1. The number of rotatable bonds is 10. The SMILES string of the molecule is CCNc1ccc(/C(=C2/C=CC(=O)C=C2S(=O)(=O)[O-])c2ccc(N(CC)Cc3cccc(S(=O)(=O)O)c3)cc2)cc1.[Na+]. The summed E-state index contributed by atoms with van der Waals surface area (Å²) in [4.78, 5) is 13.2. The van der Waals surface area contributed by atoms with Gasteiger partial charge in [0.05, 0.1) is 9.80 Å². The zero-order chi connectivity index (χ0) is 29.8. The number of ketones is 1. The van der Waals surface area contributed by atoms with E-state index in [9.17, 15) is 30.7 Å². The molecule has 0 aliphatic heterocycles. The van der Waals surface area contributed by atoms with Crippen molar-refractivity contribution in [2.24, 2.45) is 0 Å². The van der Waals surface area contributed by atoms with Crippen LogP contribution in [0.2, 0.25) is 0 Å². The Bertz CT molecular complexity index is 1760. The molecule has 4 rings (SSSR count). The van der Waals surface area contributed by atoms with Crippen LogP contribution in [0.5, 0.6) is 0 Å². The van der Waals surface area contributed by atoms with Gasteiger partial charge < -0.3 is 14.8 Å². The summed E-state index contributed by atoms with van der Waals surface area (Å²) in [5, 5.41) is 3.20. The fourth-order valence-corrected chi connectivity index (χ4v) is 5.85. The van der Waals surface area contributed by atoms with Crippen LogP contribution in [0.25, 0.3) is 5.57 Å². The Morgan fingerprint density at radius 1 is 0.905 bits per heavy atom. The van der Waals surface area contributed by atoms with E-state index in [1.165, 1.54) is 24.3 Å². The van der Waals surface area contributed by atoms with Gasteiger partial charge in [0, 0.05) is 42.7 Å². The van der Waals surface area contributed by atoms with Crippen molar-refractivity contribution in [1.29, 1.82) is 0 Å². The maximum absolute atomic E-state index is 12.2. The largest absolute Gasteiger partial charge is 1.00 e. The van der Waals surface area contributed by atoms with E-state index in [-0.39, 0.29) is 40.0 Å². The first kappa shape index (κ1) is 33.5. The van der Waals surface area contributed by atoms with Gasteiger partial charge in [0.25, 0.3) is 10.1 Å². The van der Waals surface area contributed by atoms with Crippen LogP contribution in [-0.4, -0.2) is 44.8 Å². The number of carbonyl (C=O) groups excluding carboxylic acids is 1. The summed E-state index contributed by atoms with van der Waals surface area (Å²) in [7, 11) is -9.29. The Hall–Kier alpha value is -3.03. The minimum atomic E-state index is -4.96. The van der Waals surface area contributed by atoms with Crippen LogP contribution < -0.4 is 39.8 Å². The van der Waals surface area contributed by atoms with Gasteiger partial charge in [0.2, 0.25) is 0 Å². The molecule has 9 nitrogen and oxygen atoms in total. The number of hydrogen-bond donors (Lipinski definition) is 2. The molecular weight excluding hydrogens is 587 g/mol. The predicted molar refractivity (Wildman–Crippen MR) is 158 cm³/mol. The van der Waals surface area contributed by atoms with Gasteiger partial charge in [-0.2, -0.15) is 8.42 Å². The van der Waals surface area contributed by atoms with Crippen molar-refractivity contribution in [3.05, 3.63) is 118 Å².